The van der Waals surface area contributed by atoms with Crippen molar-refractivity contribution in [3.05, 3.63) is 23.4 Å². The lowest BCUT2D eigenvalue weighted by molar-refractivity contribution is 0.619. The maximum atomic E-state index is 5.92. The van der Waals surface area contributed by atoms with Crippen molar-refractivity contribution in [2.24, 2.45) is 0 Å². The molecule has 2 rings (SSSR count). The van der Waals surface area contributed by atoms with E-state index in [9.17, 15) is 0 Å². The molecule has 1 fully saturated rings. The van der Waals surface area contributed by atoms with Gasteiger partial charge in [0.25, 0.3) is 0 Å². The van der Waals surface area contributed by atoms with Gasteiger partial charge in [0.1, 0.15) is 5.82 Å². The smallest absolute Gasteiger partial charge is 0.129 e. The summed E-state index contributed by atoms with van der Waals surface area (Å²) >= 11 is 7.97. The maximum Gasteiger partial charge on any atom is 0.129 e. The molecule has 0 aliphatic carbocycles. The predicted octanol–water partition coefficient (Wildman–Crippen LogP) is 3.46. The highest BCUT2D eigenvalue weighted by Crippen LogP contribution is 2.28. The zero-order chi connectivity index (χ0) is 12.4. The maximum absolute atomic E-state index is 5.92. The van der Waals surface area contributed by atoms with Gasteiger partial charge in [0.15, 0.2) is 0 Å². The molecule has 2 unspecified atom stereocenters. The van der Waals surface area contributed by atoms with Crippen LogP contribution in [0, 0.1) is 6.92 Å². The van der Waals surface area contributed by atoms with Crippen LogP contribution in [0.1, 0.15) is 25.1 Å². The Hall–Kier alpha value is -0.410. The highest BCUT2D eigenvalue weighted by Gasteiger charge is 2.26. The molecule has 0 aromatic carbocycles. The minimum Gasteiger partial charge on any atom is -0.352 e. The Balaban J connectivity index is 2.29. The van der Waals surface area contributed by atoms with Crippen LogP contribution in [0.3, 0.4) is 0 Å². The van der Waals surface area contributed by atoms with Crippen LogP contribution in [0.5, 0.6) is 0 Å². The normalized spacial score (nSPS) is 25.1. The molecule has 1 aliphatic heterocycles. The number of aryl methyl sites for hydroxylation is 1. The van der Waals surface area contributed by atoms with Gasteiger partial charge in [-0.2, -0.15) is 11.8 Å². The first-order chi connectivity index (χ1) is 8.11. The quantitative estimate of drug-likeness (QED) is 0.766. The van der Waals surface area contributed by atoms with Crippen LogP contribution in [0.2, 0.25) is 0 Å². The van der Waals surface area contributed by atoms with Gasteiger partial charge in [-0.1, -0.05) is 6.92 Å². The fourth-order valence-corrected chi connectivity index (χ4v) is 3.46. The van der Waals surface area contributed by atoms with Crippen LogP contribution in [-0.2, 0) is 5.88 Å². The van der Waals surface area contributed by atoms with Gasteiger partial charge in [-0.15, -0.1) is 11.6 Å². The molecule has 1 saturated heterocycles. The first kappa shape index (κ1) is 13.0. The van der Waals surface area contributed by atoms with Crippen molar-refractivity contribution in [2.45, 2.75) is 37.9 Å². The Bertz CT molecular complexity index is 397. The van der Waals surface area contributed by atoms with Gasteiger partial charge in [-0.05, 0) is 31.5 Å². The lowest BCUT2D eigenvalue weighted by atomic mass is 10.2. The second kappa shape index (κ2) is 5.49. The van der Waals surface area contributed by atoms with Crippen molar-refractivity contribution in [2.75, 3.05) is 17.2 Å². The van der Waals surface area contributed by atoms with Crippen molar-refractivity contribution in [1.82, 2.24) is 4.98 Å². The standard InChI is InChI=1S/C13H19ClN2S/c1-9-6-12(8-14)7-13(15-9)16-4-5-17-11(3)10(16)2/h6-7,10-11H,4-5,8H2,1-3H3. The highest BCUT2D eigenvalue weighted by atomic mass is 35.5. The highest BCUT2D eigenvalue weighted by molar-refractivity contribution is 8.00. The summed E-state index contributed by atoms with van der Waals surface area (Å²) in [7, 11) is 0. The molecular formula is C13H19ClN2S. The number of anilines is 1. The molecule has 0 radical (unpaired) electrons. The number of alkyl halides is 1. The molecule has 0 amide bonds. The zero-order valence-corrected chi connectivity index (χ0v) is 12.2. The topological polar surface area (TPSA) is 16.1 Å². The summed E-state index contributed by atoms with van der Waals surface area (Å²) in [5, 5.41) is 0.658. The van der Waals surface area contributed by atoms with Crippen LogP contribution in [0.25, 0.3) is 0 Å². The minimum absolute atomic E-state index is 0.534. The second-order valence-corrected chi connectivity index (χ2v) is 6.37. The molecule has 2 heterocycles. The van der Waals surface area contributed by atoms with E-state index in [1.807, 2.05) is 18.7 Å². The average molecular weight is 271 g/mol. The number of pyridine rings is 1. The molecule has 4 heteroatoms. The Morgan fingerprint density at radius 2 is 2.24 bits per heavy atom. The summed E-state index contributed by atoms with van der Waals surface area (Å²) in [6.45, 7) is 7.68. The Labute approximate surface area is 113 Å². The van der Waals surface area contributed by atoms with Crippen molar-refractivity contribution < 1.29 is 0 Å². The number of rotatable bonds is 2. The SMILES string of the molecule is Cc1cc(CCl)cc(N2CCSC(C)C2C)n1. The van der Waals surface area contributed by atoms with Crippen LogP contribution in [0.15, 0.2) is 12.1 Å². The van der Waals surface area contributed by atoms with Crippen molar-refractivity contribution in [3.63, 3.8) is 0 Å². The van der Waals surface area contributed by atoms with Gasteiger partial charge in [0.05, 0.1) is 0 Å². The first-order valence-electron chi connectivity index (χ1n) is 6.03. The molecule has 0 spiro atoms. The van der Waals surface area contributed by atoms with E-state index in [0.717, 1.165) is 23.6 Å². The fourth-order valence-electron chi connectivity index (χ4n) is 2.20. The first-order valence-corrected chi connectivity index (χ1v) is 7.62. The molecule has 2 nitrogen and oxygen atoms in total. The van der Waals surface area contributed by atoms with Gasteiger partial charge in [-0.3, -0.25) is 0 Å². The van der Waals surface area contributed by atoms with Gasteiger partial charge in [0, 0.05) is 35.2 Å². The van der Waals surface area contributed by atoms with E-state index >= 15 is 0 Å². The van der Waals surface area contributed by atoms with E-state index in [-0.39, 0.29) is 0 Å². The summed E-state index contributed by atoms with van der Waals surface area (Å²) < 4.78 is 0. The van der Waals surface area contributed by atoms with Gasteiger partial charge >= 0.3 is 0 Å². The molecule has 1 aliphatic rings. The molecule has 0 N–H and O–H groups in total. The monoisotopic (exact) mass is 270 g/mol. The van der Waals surface area contributed by atoms with Gasteiger partial charge < -0.3 is 4.90 Å². The van der Waals surface area contributed by atoms with Crippen molar-refractivity contribution in [3.8, 4) is 0 Å². The lowest BCUT2D eigenvalue weighted by Gasteiger charge is -2.38. The molecule has 0 bridgehead atoms. The molecule has 1 aromatic rings. The van der Waals surface area contributed by atoms with Crippen molar-refractivity contribution >= 4 is 29.2 Å². The molecule has 94 valence electrons. The average Bonchev–Trinajstić information content (AvgIpc) is 2.31. The van der Waals surface area contributed by atoms with Gasteiger partial charge in [0.2, 0.25) is 0 Å². The predicted molar refractivity (Wildman–Crippen MR) is 77.3 cm³/mol. The fraction of sp³-hybridized carbons (Fsp3) is 0.615. The number of hydrogen-bond donors (Lipinski definition) is 0. The third-order valence-electron chi connectivity index (χ3n) is 3.33. The zero-order valence-electron chi connectivity index (χ0n) is 10.6. The van der Waals surface area contributed by atoms with Crippen LogP contribution < -0.4 is 4.90 Å². The largest absolute Gasteiger partial charge is 0.352 e. The summed E-state index contributed by atoms with van der Waals surface area (Å²) in [6.07, 6.45) is 0. The molecule has 17 heavy (non-hydrogen) atoms. The number of nitrogens with zero attached hydrogens (tertiary/aromatic N) is 2. The number of halogens is 1. The number of hydrogen-bond acceptors (Lipinski definition) is 3. The van der Waals surface area contributed by atoms with Crippen molar-refractivity contribution in [1.29, 1.82) is 0 Å². The van der Waals surface area contributed by atoms with Crippen LogP contribution in [0.4, 0.5) is 5.82 Å². The van der Waals surface area contributed by atoms with Crippen LogP contribution >= 0.6 is 23.4 Å². The summed E-state index contributed by atoms with van der Waals surface area (Å²) in [5.41, 5.74) is 2.21. The third kappa shape index (κ3) is 2.89. The van der Waals surface area contributed by atoms with E-state index in [0.29, 0.717) is 17.2 Å². The Kier molecular flexibility index (Phi) is 4.21. The summed E-state index contributed by atoms with van der Waals surface area (Å²) in [6, 6.07) is 4.72. The Morgan fingerprint density at radius 3 is 2.94 bits per heavy atom. The molecular weight excluding hydrogens is 252 g/mol. The molecule has 0 saturated carbocycles. The summed E-state index contributed by atoms with van der Waals surface area (Å²) in [5.74, 6) is 2.82. The summed E-state index contributed by atoms with van der Waals surface area (Å²) in [4.78, 5) is 7.06. The van der Waals surface area contributed by atoms with E-state index < -0.39 is 0 Å². The molecule has 2 atom stereocenters. The minimum atomic E-state index is 0.534. The van der Waals surface area contributed by atoms with E-state index in [4.69, 9.17) is 11.6 Å². The molecule has 1 aromatic heterocycles. The van der Waals surface area contributed by atoms with E-state index in [2.05, 4.69) is 35.9 Å². The lowest BCUT2D eigenvalue weighted by Crippen LogP contribution is -2.45. The van der Waals surface area contributed by atoms with E-state index in [1.165, 1.54) is 5.75 Å². The Morgan fingerprint density at radius 1 is 1.47 bits per heavy atom. The van der Waals surface area contributed by atoms with Gasteiger partial charge in [-0.25, -0.2) is 4.98 Å². The van der Waals surface area contributed by atoms with Crippen LogP contribution in [-0.4, -0.2) is 28.6 Å². The second-order valence-electron chi connectivity index (χ2n) is 4.62. The third-order valence-corrected chi connectivity index (χ3v) is 4.98. The number of aromatic nitrogens is 1. The number of thioether (sulfide) groups is 1. The van der Waals surface area contributed by atoms with E-state index in [1.54, 1.807) is 0 Å².